The van der Waals surface area contributed by atoms with Gasteiger partial charge in [-0.15, -0.1) is 0 Å². The number of aromatic nitrogens is 4. The van der Waals surface area contributed by atoms with Crippen molar-refractivity contribution in [1.82, 2.24) is 29.8 Å². The predicted octanol–water partition coefficient (Wildman–Crippen LogP) is 4.94. The van der Waals surface area contributed by atoms with Gasteiger partial charge < -0.3 is 0 Å². The minimum Gasteiger partial charge on any atom is -0.290 e. The molecule has 2 aromatic rings. The van der Waals surface area contributed by atoms with Crippen LogP contribution < -0.4 is 0 Å². The smallest absolute Gasteiger partial charge is 0.0556 e. The van der Waals surface area contributed by atoms with Crippen molar-refractivity contribution in [2.75, 3.05) is 13.1 Å². The molecule has 2 atom stereocenters. The number of hydrogen-bond donors (Lipinski definition) is 1. The van der Waals surface area contributed by atoms with Crippen molar-refractivity contribution in [3.8, 4) is 0 Å². The van der Waals surface area contributed by atoms with Crippen molar-refractivity contribution in [2.45, 2.75) is 103 Å². The summed E-state index contributed by atoms with van der Waals surface area (Å²) >= 11 is 0. The number of rotatable bonds is 6. The number of aromatic amines is 1. The average Bonchev–Trinajstić information content (AvgIpc) is 3.47. The largest absolute Gasteiger partial charge is 0.290 e. The molecule has 2 aromatic heterocycles. The monoisotopic (exact) mass is 412 g/mol. The maximum atomic E-state index is 4.75. The van der Waals surface area contributed by atoms with Gasteiger partial charge in [0.15, 0.2) is 0 Å². The first-order valence-corrected chi connectivity index (χ1v) is 11.8. The quantitative estimate of drug-likeness (QED) is 0.730. The van der Waals surface area contributed by atoms with Gasteiger partial charge in [0.05, 0.1) is 23.5 Å². The molecule has 0 radical (unpaired) electrons. The Bertz CT molecular complexity index is 800. The Labute approximate surface area is 182 Å². The molecule has 0 bridgehead atoms. The Morgan fingerprint density at radius 3 is 2.43 bits per heavy atom. The lowest BCUT2D eigenvalue weighted by Gasteiger charge is -2.46. The zero-order chi connectivity index (χ0) is 21.4. The summed E-state index contributed by atoms with van der Waals surface area (Å²) in [6.07, 6.45) is 11.3. The molecule has 0 amide bonds. The van der Waals surface area contributed by atoms with E-state index in [2.05, 4.69) is 71.4 Å². The van der Waals surface area contributed by atoms with Crippen LogP contribution in [0.5, 0.6) is 0 Å². The van der Waals surface area contributed by atoms with Gasteiger partial charge in [-0.1, -0.05) is 6.42 Å². The minimum atomic E-state index is 0.110. The third-order valence-corrected chi connectivity index (χ3v) is 7.30. The van der Waals surface area contributed by atoms with Gasteiger partial charge in [0.1, 0.15) is 0 Å². The van der Waals surface area contributed by atoms with E-state index in [0.717, 1.165) is 19.5 Å². The standard InChI is InChI=1S/C24H40N6/c1-23(2,3)28-17-8-10-21(28)22-12-15-26-30(22)18-13-24(4,5)29-16-7-6-9-20(29)19-11-14-25-27-19/h11-12,14-15,20-21H,6-10,13,16-18H2,1-5H3,(H,25,27)/t20-,21-/m0/s1. The lowest BCUT2D eigenvalue weighted by molar-refractivity contribution is 0.0275. The van der Waals surface area contributed by atoms with E-state index in [9.17, 15) is 0 Å². The summed E-state index contributed by atoms with van der Waals surface area (Å²) in [5.41, 5.74) is 2.95. The number of nitrogens with zero attached hydrogens (tertiary/aromatic N) is 5. The molecular weight excluding hydrogens is 372 g/mol. The predicted molar refractivity (Wildman–Crippen MR) is 121 cm³/mol. The molecule has 0 aliphatic carbocycles. The van der Waals surface area contributed by atoms with Crippen molar-refractivity contribution < 1.29 is 0 Å². The minimum absolute atomic E-state index is 0.110. The second-order valence-electron chi connectivity index (χ2n) is 10.8. The SMILES string of the molecule is CC(C)(C)N1CCC[C@H]1c1ccnn1CCC(C)(C)N1CCCC[C@H]1c1ccn[nH]1. The average molecular weight is 413 g/mol. The molecule has 1 N–H and O–H groups in total. The number of nitrogens with one attached hydrogen (secondary N) is 1. The number of likely N-dealkylation sites (tertiary alicyclic amines) is 2. The summed E-state index contributed by atoms with van der Waals surface area (Å²) in [5.74, 6) is 0. The van der Waals surface area contributed by atoms with Gasteiger partial charge in [0, 0.05) is 30.0 Å². The maximum Gasteiger partial charge on any atom is 0.0556 e. The van der Waals surface area contributed by atoms with E-state index in [4.69, 9.17) is 5.10 Å². The zero-order valence-electron chi connectivity index (χ0n) is 19.6. The van der Waals surface area contributed by atoms with Crippen LogP contribution in [0, 0.1) is 0 Å². The number of piperidine rings is 1. The number of hydrogen-bond acceptors (Lipinski definition) is 4. The van der Waals surface area contributed by atoms with Gasteiger partial charge in [0.25, 0.3) is 0 Å². The van der Waals surface area contributed by atoms with E-state index in [-0.39, 0.29) is 11.1 Å². The Morgan fingerprint density at radius 1 is 0.933 bits per heavy atom. The summed E-state index contributed by atoms with van der Waals surface area (Å²) in [6.45, 7) is 15.1. The summed E-state index contributed by atoms with van der Waals surface area (Å²) in [7, 11) is 0. The van der Waals surface area contributed by atoms with E-state index >= 15 is 0 Å². The molecule has 0 unspecified atom stereocenters. The van der Waals surface area contributed by atoms with Crippen molar-refractivity contribution in [3.05, 3.63) is 35.9 Å². The highest BCUT2D eigenvalue weighted by molar-refractivity contribution is 5.12. The molecule has 2 aliphatic rings. The molecule has 4 heterocycles. The van der Waals surface area contributed by atoms with Crippen LogP contribution >= 0.6 is 0 Å². The van der Waals surface area contributed by atoms with Crippen LogP contribution in [0.25, 0.3) is 0 Å². The molecule has 6 heteroatoms. The van der Waals surface area contributed by atoms with Crippen molar-refractivity contribution in [3.63, 3.8) is 0 Å². The Kier molecular flexibility index (Phi) is 6.08. The number of aryl methyl sites for hydroxylation is 1. The van der Waals surface area contributed by atoms with E-state index in [1.807, 2.05) is 12.4 Å². The summed E-state index contributed by atoms with van der Waals surface area (Å²) in [6, 6.07) is 5.32. The van der Waals surface area contributed by atoms with Crippen LogP contribution in [0.15, 0.2) is 24.5 Å². The van der Waals surface area contributed by atoms with Crippen LogP contribution in [-0.2, 0) is 6.54 Å². The van der Waals surface area contributed by atoms with Crippen LogP contribution in [0.3, 0.4) is 0 Å². The topological polar surface area (TPSA) is 53.0 Å². The fraction of sp³-hybridized carbons (Fsp3) is 0.750. The first kappa shape index (κ1) is 21.6. The molecular formula is C24H40N6. The van der Waals surface area contributed by atoms with Gasteiger partial charge in [-0.25, -0.2) is 0 Å². The summed E-state index contributed by atoms with van der Waals surface area (Å²) in [4.78, 5) is 5.36. The fourth-order valence-corrected chi connectivity index (χ4v) is 5.64. The number of H-pyrrole nitrogens is 1. The van der Waals surface area contributed by atoms with E-state index < -0.39 is 0 Å². The van der Waals surface area contributed by atoms with E-state index in [1.165, 1.54) is 50.0 Å². The van der Waals surface area contributed by atoms with Crippen LogP contribution in [-0.4, -0.2) is 53.9 Å². The van der Waals surface area contributed by atoms with Gasteiger partial charge in [-0.05, 0) is 91.9 Å². The van der Waals surface area contributed by atoms with Gasteiger partial charge in [0.2, 0.25) is 0 Å². The van der Waals surface area contributed by atoms with Crippen molar-refractivity contribution >= 4 is 0 Å². The van der Waals surface area contributed by atoms with Crippen molar-refractivity contribution in [2.24, 2.45) is 0 Å². The van der Waals surface area contributed by atoms with E-state index in [1.54, 1.807) is 0 Å². The second-order valence-corrected chi connectivity index (χ2v) is 10.8. The van der Waals surface area contributed by atoms with Crippen LogP contribution in [0.4, 0.5) is 0 Å². The highest BCUT2D eigenvalue weighted by atomic mass is 15.3. The zero-order valence-corrected chi connectivity index (χ0v) is 19.6. The van der Waals surface area contributed by atoms with Crippen LogP contribution in [0.2, 0.25) is 0 Å². The third-order valence-electron chi connectivity index (χ3n) is 7.30. The lowest BCUT2D eigenvalue weighted by Crippen LogP contribution is -2.49. The first-order valence-electron chi connectivity index (χ1n) is 11.8. The first-order chi connectivity index (χ1) is 14.3. The highest BCUT2D eigenvalue weighted by Gasteiger charge is 2.37. The molecule has 0 aromatic carbocycles. The highest BCUT2D eigenvalue weighted by Crippen LogP contribution is 2.39. The normalized spacial score (nSPS) is 24.6. The molecule has 2 aliphatic heterocycles. The van der Waals surface area contributed by atoms with E-state index in [0.29, 0.717) is 12.1 Å². The van der Waals surface area contributed by atoms with Crippen LogP contribution in [0.1, 0.15) is 96.6 Å². The molecule has 2 saturated heterocycles. The molecule has 6 nitrogen and oxygen atoms in total. The molecule has 4 rings (SSSR count). The summed E-state index contributed by atoms with van der Waals surface area (Å²) in [5, 5.41) is 12.2. The molecule has 166 valence electrons. The molecule has 2 fully saturated rings. The Morgan fingerprint density at radius 2 is 1.70 bits per heavy atom. The molecule has 30 heavy (non-hydrogen) atoms. The Balaban J connectivity index is 1.48. The maximum absolute atomic E-state index is 4.75. The molecule has 0 saturated carbocycles. The lowest BCUT2D eigenvalue weighted by atomic mass is 9.89. The van der Waals surface area contributed by atoms with Gasteiger partial charge in [-0.3, -0.25) is 19.6 Å². The van der Waals surface area contributed by atoms with Crippen molar-refractivity contribution in [1.29, 1.82) is 0 Å². The third kappa shape index (κ3) is 4.35. The Hall–Kier alpha value is -1.66. The van der Waals surface area contributed by atoms with Gasteiger partial charge >= 0.3 is 0 Å². The molecule has 0 spiro atoms. The van der Waals surface area contributed by atoms with Gasteiger partial charge in [-0.2, -0.15) is 10.2 Å². The fourth-order valence-electron chi connectivity index (χ4n) is 5.64. The second kappa shape index (κ2) is 8.46. The summed E-state index contributed by atoms with van der Waals surface area (Å²) < 4.78 is 2.28.